The molecule has 9 heteroatoms. The molecule has 1 saturated heterocycles. The van der Waals surface area contributed by atoms with Crippen molar-refractivity contribution in [1.29, 1.82) is 0 Å². The van der Waals surface area contributed by atoms with Gasteiger partial charge in [0.15, 0.2) is 11.5 Å². The zero-order valence-corrected chi connectivity index (χ0v) is 20.6. The van der Waals surface area contributed by atoms with Gasteiger partial charge in [-0.1, -0.05) is 6.07 Å². The topological polar surface area (TPSA) is 135 Å². The number of rotatable bonds is 12. The van der Waals surface area contributed by atoms with Crippen molar-refractivity contribution < 1.29 is 39.1 Å². The Labute approximate surface area is 201 Å². The molecule has 1 aromatic rings. The Hall–Kier alpha value is -2.36. The summed E-state index contributed by atoms with van der Waals surface area (Å²) in [5.74, 6) is -0.519. The van der Waals surface area contributed by atoms with Gasteiger partial charge in [-0.15, -0.1) is 0 Å². The lowest BCUT2D eigenvalue weighted by Gasteiger charge is -2.45. The number of carbonyl (C=O) groups excluding carboxylic acids is 2. The Bertz CT molecular complexity index is 814. The standard InChI is InChI=1S/C25H39NO8/c1-16(27)6-5-7-20(33-17(2)28)13-23(34-18(3)29)25(10-11-26-24(31)15-25)14-19-8-9-21(30)22(12-19)32-4/h8-9,12,16,20,23-24,26-27,30-31H,5-7,10-11,13-15H2,1-4H3/t16-,20+,23+,24+,25-/m0/s1. The zero-order valence-electron chi connectivity index (χ0n) is 20.6. The lowest BCUT2D eigenvalue weighted by Crippen LogP contribution is -2.52. The van der Waals surface area contributed by atoms with Crippen molar-refractivity contribution >= 4 is 11.9 Å². The van der Waals surface area contributed by atoms with E-state index < -0.39 is 41.9 Å². The highest BCUT2D eigenvalue weighted by molar-refractivity contribution is 5.66. The van der Waals surface area contributed by atoms with Crippen LogP contribution in [-0.4, -0.2) is 65.5 Å². The van der Waals surface area contributed by atoms with E-state index in [9.17, 15) is 24.9 Å². The SMILES string of the molecule is COc1cc(C[C@@]2([C@@H](C[C@@H](CCC[C@H](C)O)OC(C)=O)OC(C)=O)CCN[C@H](O)C2)ccc1O. The minimum absolute atomic E-state index is 0.0233. The summed E-state index contributed by atoms with van der Waals surface area (Å²) in [6.45, 7) is 4.92. The fourth-order valence-electron chi connectivity index (χ4n) is 4.82. The Balaban J connectivity index is 2.38. The number of aliphatic hydroxyl groups excluding tert-OH is 2. The van der Waals surface area contributed by atoms with Crippen LogP contribution < -0.4 is 10.1 Å². The first-order chi connectivity index (χ1) is 16.0. The second kappa shape index (κ2) is 12.9. The first-order valence-corrected chi connectivity index (χ1v) is 11.8. The van der Waals surface area contributed by atoms with Gasteiger partial charge in [0.2, 0.25) is 0 Å². The Kier molecular flexibility index (Phi) is 10.6. The highest BCUT2D eigenvalue weighted by Crippen LogP contribution is 2.43. The van der Waals surface area contributed by atoms with Gasteiger partial charge in [0, 0.05) is 25.7 Å². The number of aliphatic hydroxyl groups is 2. The van der Waals surface area contributed by atoms with Gasteiger partial charge in [-0.2, -0.15) is 0 Å². The molecular weight excluding hydrogens is 442 g/mol. The van der Waals surface area contributed by atoms with E-state index in [0.717, 1.165) is 5.56 Å². The van der Waals surface area contributed by atoms with Crippen molar-refractivity contribution in [3.63, 3.8) is 0 Å². The Morgan fingerprint density at radius 1 is 1.21 bits per heavy atom. The summed E-state index contributed by atoms with van der Waals surface area (Å²) >= 11 is 0. The van der Waals surface area contributed by atoms with Gasteiger partial charge in [-0.05, 0) is 69.7 Å². The third-order valence-corrected chi connectivity index (χ3v) is 6.35. The van der Waals surface area contributed by atoms with Crippen molar-refractivity contribution in [2.24, 2.45) is 5.41 Å². The number of hydrogen-bond acceptors (Lipinski definition) is 9. The fourth-order valence-corrected chi connectivity index (χ4v) is 4.82. The molecule has 1 fully saturated rings. The van der Waals surface area contributed by atoms with Gasteiger partial charge >= 0.3 is 11.9 Å². The van der Waals surface area contributed by atoms with Crippen molar-refractivity contribution in [2.75, 3.05) is 13.7 Å². The van der Waals surface area contributed by atoms with E-state index in [1.54, 1.807) is 25.1 Å². The summed E-state index contributed by atoms with van der Waals surface area (Å²) in [5, 5.41) is 33.1. The second-order valence-corrected chi connectivity index (χ2v) is 9.31. The number of carbonyl (C=O) groups is 2. The maximum Gasteiger partial charge on any atom is 0.302 e. The summed E-state index contributed by atoms with van der Waals surface area (Å²) in [6.07, 6.45) is 1.04. The molecule has 9 nitrogen and oxygen atoms in total. The van der Waals surface area contributed by atoms with Gasteiger partial charge in [-0.25, -0.2) is 0 Å². The number of piperidine rings is 1. The van der Waals surface area contributed by atoms with Crippen molar-refractivity contribution in [3.05, 3.63) is 23.8 Å². The van der Waals surface area contributed by atoms with Gasteiger partial charge < -0.3 is 29.5 Å². The van der Waals surface area contributed by atoms with Gasteiger partial charge in [0.05, 0.1) is 13.2 Å². The molecule has 1 aliphatic heterocycles. The molecule has 5 atom stereocenters. The van der Waals surface area contributed by atoms with E-state index in [4.69, 9.17) is 14.2 Å². The minimum atomic E-state index is -0.784. The van der Waals surface area contributed by atoms with E-state index in [-0.39, 0.29) is 12.2 Å². The molecular formula is C25H39NO8. The van der Waals surface area contributed by atoms with E-state index in [1.807, 2.05) is 0 Å². The number of aromatic hydroxyl groups is 1. The third kappa shape index (κ3) is 8.45. The quantitative estimate of drug-likeness (QED) is 0.332. The molecule has 0 saturated carbocycles. The predicted octanol–water partition coefficient (Wildman–Crippen LogP) is 2.44. The molecule has 0 aromatic heterocycles. The van der Waals surface area contributed by atoms with E-state index in [1.165, 1.54) is 21.0 Å². The predicted molar refractivity (Wildman–Crippen MR) is 125 cm³/mol. The van der Waals surface area contributed by atoms with Crippen molar-refractivity contribution in [1.82, 2.24) is 5.32 Å². The van der Waals surface area contributed by atoms with Crippen molar-refractivity contribution in [2.45, 2.75) is 90.3 Å². The van der Waals surface area contributed by atoms with Crippen LogP contribution in [0.4, 0.5) is 0 Å². The molecule has 1 aliphatic rings. The number of methoxy groups -OCH3 is 1. The second-order valence-electron chi connectivity index (χ2n) is 9.31. The van der Waals surface area contributed by atoms with Crippen LogP contribution in [0.25, 0.3) is 0 Å². The van der Waals surface area contributed by atoms with Crippen LogP contribution in [0.3, 0.4) is 0 Å². The fraction of sp³-hybridized carbons (Fsp3) is 0.680. The van der Waals surface area contributed by atoms with Gasteiger partial charge in [0.25, 0.3) is 0 Å². The van der Waals surface area contributed by atoms with Crippen LogP contribution in [0.2, 0.25) is 0 Å². The average molecular weight is 482 g/mol. The third-order valence-electron chi connectivity index (χ3n) is 6.35. The first-order valence-electron chi connectivity index (χ1n) is 11.8. The van der Waals surface area contributed by atoms with Crippen molar-refractivity contribution in [3.8, 4) is 11.5 Å². The molecule has 0 unspecified atom stereocenters. The van der Waals surface area contributed by atoms with Gasteiger partial charge in [-0.3, -0.25) is 14.9 Å². The monoisotopic (exact) mass is 481 g/mol. The highest BCUT2D eigenvalue weighted by Gasteiger charge is 2.45. The lowest BCUT2D eigenvalue weighted by molar-refractivity contribution is -0.165. The van der Waals surface area contributed by atoms with E-state index in [0.29, 0.717) is 50.8 Å². The number of phenolic OH excluding ortho intramolecular Hbond substituents is 1. The summed E-state index contributed by atoms with van der Waals surface area (Å²) in [6, 6.07) is 5.07. The normalized spacial score (nSPS) is 22.9. The molecule has 2 rings (SSSR count). The largest absolute Gasteiger partial charge is 0.504 e. The minimum Gasteiger partial charge on any atom is -0.504 e. The summed E-state index contributed by atoms with van der Waals surface area (Å²) in [5.41, 5.74) is 0.222. The van der Waals surface area contributed by atoms with E-state index in [2.05, 4.69) is 5.32 Å². The number of benzene rings is 1. The van der Waals surface area contributed by atoms with Crippen LogP contribution >= 0.6 is 0 Å². The number of nitrogens with one attached hydrogen (secondary N) is 1. The zero-order chi connectivity index (χ0) is 25.3. The van der Waals surface area contributed by atoms with Crippen LogP contribution in [0.15, 0.2) is 18.2 Å². The molecule has 192 valence electrons. The molecule has 0 aliphatic carbocycles. The molecule has 0 spiro atoms. The van der Waals surface area contributed by atoms with Crippen LogP contribution in [0.5, 0.6) is 11.5 Å². The Morgan fingerprint density at radius 3 is 2.50 bits per heavy atom. The van der Waals surface area contributed by atoms with Gasteiger partial charge in [0.1, 0.15) is 18.4 Å². The summed E-state index contributed by atoms with van der Waals surface area (Å²) < 4.78 is 16.7. The highest BCUT2D eigenvalue weighted by atomic mass is 16.6. The number of ether oxygens (including phenoxy) is 3. The maximum absolute atomic E-state index is 12.1. The van der Waals surface area contributed by atoms with Crippen LogP contribution in [-0.2, 0) is 25.5 Å². The number of hydrogen-bond donors (Lipinski definition) is 4. The van der Waals surface area contributed by atoms with E-state index >= 15 is 0 Å². The smallest absolute Gasteiger partial charge is 0.302 e. The summed E-state index contributed by atoms with van der Waals surface area (Å²) in [7, 11) is 1.47. The average Bonchev–Trinajstić information content (AvgIpc) is 2.73. The summed E-state index contributed by atoms with van der Waals surface area (Å²) in [4.78, 5) is 23.9. The lowest BCUT2D eigenvalue weighted by atomic mass is 9.68. The molecule has 1 aromatic carbocycles. The molecule has 0 bridgehead atoms. The Morgan fingerprint density at radius 2 is 1.91 bits per heavy atom. The molecule has 1 heterocycles. The van der Waals surface area contributed by atoms with Crippen LogP contribution in [0.1, 0.15) is 64.9 Å². The number of esters is 2. The maximum atomic E-state index is 12.1. The molecule has 0 amide bonds. The number of phenols is 1. The molecule has 34 heavy (non-hydrogen) atoms. The first kappa shape index (κ1) is 27.9. The van der Waals surface area contributed by atoms with Crippen LogP contribution in [0, 0.1) is 5.41 Å². The molecule has 0 radical (unpaired) electrons. The molecule has 4 N–H and O–H groups in total.